The van der Waals surface area contributed by atoms with Crippen LogP contribution in [0, 0.1) is 20.8 Å². The van der Waals surface area contributed by atoms with Crippen LogP contribution in [0.4, 0.5) is 0 Å². The smallest absolute Gasteiger partial charge is 0.107 e. The summed E-state index contributed by atoms with van der Waals surface area (Å²) in [5, 5.41) is 0. The lowest BCUT2D eigenvalue weighted by Crippen LogP contribution is -2.30. The van der Waals surface area contributed by atoms with Crippen LogP contribution in [-0.4, -0.2) is 6.71 Å². The highest BCUT2D eigenvalue weighted by atomic mass is 14.0. The van der Waals surface area contributed by atoms with E-state index in [2.05, 4.69) is 85.5 Å². The molecule has 0 saturated heterocycles. The molecule has 0 radical (unpaired) electrons. The molecule has 0 aliphatic carbocycles. The standard InChI is InChI=1S/C20H29B/c1-14(2)9-15(3)10-17(5)13-21(8)20-18(6)11-16(4)12-19(20)7/h9-13H,1-8H3/b15-10-,17-13+. The van der Waals surface area contributed by atoms with Gasteiger partial charge < -0.3 is 0 Å². The zero-order valence-electron chi connectivity index (χ0n) is 15.0. The second-order valence-electron chi connectivity index (χ2n) is 6.62. The summed E-state index contributed by atoms with van der Waals surface area (Å²) < 4.78 is 0. The highest BCUT2D eigenvalue weighted by Gasteiger charge is 2.13. The number of hydrogen-bond donors (Lipinski definition) is 0. The van der Waals surface area contributed by atoms with Gasteiger partial charge in [-0.05, 0) is 48.5 Å². The monoisotopic (exact) mass is 280 g/mol. The highest BCUT2D eigenvalue weighted by Crippen LogP contribution is 2.11. The van der Waals surface area contributed by atoms with Gasteiger partial charge in [0.05, 0.1) is 0 Å². The Morgan fingerprint density at radius 1 is 0.857 bits per heavy atom. The van der Waals surface area contributed by atoms with Crippen molar-refractivity contribution in [2.45, 2.75) is 55.3 Å². The molecule has 0 atom stereocenters. The lowest BCUT2D eigenvalue weighted by molar-refractivity contribution is 1.34. The van der Waals surface area contributed by atoms with Crippen LogP contribution < -0.4 is 5.46 Å². The van der Waals surface area contributed by atoms with Crippen molar-refractivity contribution in [2.75, 3.05) is 0 Å². The normalized spacial score (nSPS) is 12.4. The first-order valence-corrected chi connectivity index (χ1v) is 7.80. The van der Waals surface area contributed by atoms with Crippen LogP contribution in [0.15, 0.2) is 47.0 Å². The third-order valence-electron chi connectivity index (χ3n) is 3.68. The molecule has 0 fully saturated rings. The predicted octanol–water partition coefficient (Wildman–Crippen LogP) is 5.34. The van der Waals surface area contributed by atoms with Crippen molar-refractivity contribution in [1.82, 2.24) is 0 Å². The largest absolute Gasteiger partial charge is 0.198 e. The Morgan fingerprint density at radius 3 is 1.86 bits per heavy atom. The minimum Gasteiger partial charge on any atom is -0.107 e. The molecule has 0 amide bonds. The quantitative estimate of drug-likeness (QED) is 0.515. The third kappa shape index (κ3) is 5.42. The molecule has 0 N–H and O–H groups in total. The van der Waals surface area contributed by atoms with E-state index in [0.29, 0.717) is 6.71 Å². The number of benzene rings is 1. The molecule has 112 valence electrons. The molecule has 0 unspecified atom stereocenters. The van der Waals surface area contributed by atoms with E-state index in [4.69, 9.17) is 0 Å². The molecule has 0 aromatic heterocycles. The number of allylic oxidation sites excluding steroid dienone is 5. The molecule has 0 aliphatic heterocycles. The van der Waals surface area contributed by atoms with Crippen molar-refractivity contribution in [1.29, 1.82) is 0 Å². The number of aryl methyl sites for hydroxylation is 3. The molecular formula is C20H29B. The van der Waals surface area contributed by atoms with E-state index in [-0.39, 0.29) is 0 Å². The summed E-state index contributed by atoms with van der Waals surface area (Å²) in [5.41, 5.74) is 9.59. The van der Waals surface area contributed by atoms with Crippen LogP contribution in [0.25, 0.3) is 0 Å². The Morgan fingerprint density at radius 2 is 1.38 bits per heavy atom. The first-order valence-electron chi connectivity index (χ1n) is 7.80. The van der Waals surface area contributed by atoms with Gasteiger partial charge in [0.2, 0.25) is 0 Å². The SMILES string of the molecule is CB(/C=C(C)/C=C(/C)C=C(C)C)c1c(C)cc(C)cc1C. The Balaban J connectivity index is 3.08. The van der Waals surface area contributed by atoms with Gasteiger partial charge in [0.25, 0.3) is 0 Å². The molecule has 1 heteroatoms. The van der Waals surface area contributed by atoms with E-state index in [1.807, 2.05) is 0 Å². The van der Waals surface area contributed by atoms with E-state index in [1.165, 1.54) is 38.9 Å². The van der Waals surface area contributed by atoms with Crippen molar-refractivity contribution >= 4 is 12.2 Å². The van der Waals surface area contributed by atoms with Crippen LogP contribution >= 0.6 is 0 Å². The first-order chi connectivity index (χ1) is 9.70. The average molecular weight is 280 g/mol. The zero-order chi connectivity index (χ0) is 16.2. The molecule has 0 bridgehead atoms. The lowest BCUT2D eigenvalue weighted by Gasteiger charge is -2.14. The van der Waals surface area contributed by atoms with E-state index in [0.717, 1.165) is 0 Å². The fourth-order valence-corrected chi connectivity index (χ4v) is 3.29. The minimum atomic E-state index is 0.446. The maximum absolute atomic E-state index is 2.37. The lowest BCUT2D eigenvalue weighted by atomic mass is 9.44. The molecule has 1 rings (SSSR count). The Kier molecular flexibility index (Phi) is 6.27. The highest BCUT2D eigenvalue weighted by molar-refractivity contribution is 6.77. The van der Waals surface area contributed by atoms with Crippen LogP contribution in [0.3, 0.4) is 0 Å². The summed E-state index contributed by atoms with van der Waals surface area (Å²) in [7, 11) is 0. The number of rotatable bonds is 4. The molecule has 0 saturated carbocycles. The van der Waals surface area contributed by atoms with Crippen molar-refractivity contribution < 1.29 is 0 Å². The second kappa shape index (κ2) is 7.50. The average Bonchev–Trinajstić information content (AvgIpc) is 2.24. The van der Waals surface area contributed by atoms with E-state index < -0.39 is 0 Å². The zero-order valence-corrected chi connectivity index (χ0v) is 15.0. The van der Waals surface area contributed by atoms with Crippen LogP contribution in [0.5, 0.6) is 0 Å². The molecule has 0 nitrogen and oxygen atoms in total. The number of hydrogen-bond acceptors (Lipinski definition) is 0. The van der Waals surface area contributed by atoms with Gasteiger partial charge in [0, 0.05) is 0 Å². The molecule has 0 spiro atoms. The van der Waals surface area contributed by atoms with Crippen molar-refractivity contribution in [2.24, 2.45) is 0 Å². The fraction of sp³-hybridized carbons (Fsp3) is 0.400. The van der Waals surface area contributed by atoms with Gasteiger partial charge in [-0.2, -0.15) is 0 Å². The molecule has 0 heterocycles. The fourth-order valence-electron chi connectivity index (χ4n) is 3.29. The van der Waals surface area contributed by atoms with Gasteiger partial charge in [0.15, 0.2) is 6.71 Å². The van der Waals surface area contributed by atoms with Gasteiger partial charge in [-0.1, -0.05) is 70.0 Å². The topological polar surface area (TPSA) is 0 Å². The summed E-state index contributed by atoms with van der Waals surface area (Å²) in [6.45, 7) is 18.0. The maximum Gasteiger partial charge on any atom is 0.198 e. The Labute approximate surface area is 131 Å². The Hall–Kier alpha value is -1.50. The summed E-state index contributed by atoms with van der Waals surface area (Å²) >= 11 is 0. The predicted molar refractivity (Wildman–Crippen MR) is 98.9 cm³/mol. The summed E-state index contributed by atoms with van der Waals surface area (Å²) in [5.74, 6) is 2.37. The van der Waals surface area contributed by atoms with Crippen molar-refractivity contribution in [3.8, 4) is 0 Å². The molecule has 0 aliphatic rings. The molecule has 21 heavy (non-hydrogen) atoms. The molecule has 1 aromatic rings. The van der Waals surface area contributed by atoms with Gasteiger partial charge in [-0.15, -0.1) is 5.98 Å². The van der Waals surface area contributed by atoms with Crippen LogP contribution in [0.1, 0.15) is 44.4 Å². The maximum atomic E-state index is 2.37. The molecular weight excluding hydrogens is 251 g/mol. The Bertz CT molecular complexity index is 573. The second-order valence-corrected chi connectivity index (χ2v) is 6.62. The van der Waals surface area contributed by atoms with Gasteiger partial charge in [-0.25, -0.2) is 0 Å². The van der Waals surface area contributed by atoms with Gasteiger partial charge in [-0.3, -0.25) is 0 Å². The minimum absolute atomic E-state index is 0.446. The summed E-state index contributed by atoms with van der Waals surface area (Å²) in [6, 6.07) is 4.57. The van der Waals surface area contributed by atoms with Crippen molar-refractivity contribution in [3.63, 3.8) is 0 Å². The first kappa shape index (κ1) is 17.6. The van der Waals surface area contributed by atoms with E-state index in [1.54, 1.807) is 0 Å². The van der Waals surface area contributed by atoms with Crippen LogP contribution in [-0.2, 0) is 0 Å². The third-order valence-corrected chi connectivity index (χ3v) is 3.68. The van der Waals surface area contributed by atoms with Crippen LogP contribution in [0.2, 0.25) is 6.82 Å². The van der Waals surface area contributed by atoms with Gasteiger partial charge >= 0.3 is 0 Å². The van der Waals surface area contributed by atoms with Gasteiger partial charge in [0.1, 0.15) is 0 Å². The summed E-state index contributed by atoms with van der Waals surface area (Å²) in [6.07, 6.45) is 4.49. The van der Waals surface area contributed by atoms with Crippen molar-refractivity contribution in [3.05, 3.63) is 63.7 Å². The summed E-state index contributed by atoms with van der Waals surface area (Å²) in [4.78, 5) is 0. The van der Waals surface area contributed by atoms with E-state index in [9.17, 15) is 0 Å². The van der Waals surface area contributed by atoms with E-state index >= 15 is 0 Å². The molecule has 1 aromatic carbocycles.